The molecular weight excluding hydrogens is 310 g/mol. The van der Waals surface area contributed by atoms with E-state index < -0.39 is 0 Å². The summed E-state index contributed by atoms with van der Waals surface area (Å²) in [5.41, 5.74) is 2.79. The summed E-state index contributed by atoms with van der Waals surface area (Å²) in [6.45, 7) is 7.88. The van der Waals surface area contributed by atoms with Crippen LogP contribution in [0.2, 0.25) is 0 Å². The highest BCUT2D eigenvalue weighted by Gasteiger charge is 2.21. The van der Waals surface area contributed by atoms with Crippen molar-refractivity contribution in [3.05, 3.63) is 40.5 Å². The number of rotatable bonds is 5. The minimum atomic E-state index is -0.152. The second kappa shape index (κ2) is 7.00. The Bertz CT molecular complexity index is 696. The smallest absolute Gasteiger partial charge is 0.257 e. The highest BCUT2D eigenvalue weighted by Crippen LogP contribution is 2.26. The average molecular weight is 333 g/mol. The summed E-state index contributed by atoms with van der Waals surface area (Å²) < 4.78 is 2.07. The third kappa shape index (κ3) is 3.82. The van der Waals surface area contributed by atoms with Crippen LogP contribution in [0.1, 0.15) is 35.6 Å². The molecule has 0 aliphatic rings. The summed E-state index contributed by atoms with van der Waals surface area (Å²) in [6, 6.07) is 5.94. The van der Waals surface area contributed by atoms with Crippen LogP contribution < -0.4 is 5.32 Å². The number of carbonyl (C=O) groups is 2. The van der Waals surface area contributed by atoms with Gasteiger partial charge in [0.25, 0.3) is 5.91 Å². The van der Waals surface area contributed by atoms with Gasteiger partial charge in [0.1, 0.15) is 5.00 Å². The Balaban J connectivity index is 2.22. The normalized spacial score (nSPS) is 10.9. The van der Waals surface area contributed by atoms with E-state index in [1.807, 2.05) is 51.3 Å². The number of hydrogen-bond acceptors (Lipinski definition) is 3. The standard InChI is InChI=1S/C17H23N3O2S/c1-11(2)18-15(21)10-19(5)16(22)14-8-9-23-17(14)20-12(3)6-7-13(20)4/h6-9,11H,10H2,1-5H3,(H,18,21). The largest absolute Gasteiger partial charge is 0.352 e. The molecule has 2 aromatic rings. The van der Waals surface area contributed by atoms with Gasteiger partial charge in [0, 0.05) is 24.5 Å². The highest BCUT2D eigenvalue weighted by atomic mass is 32.1. The Kier molecular flexibility index (Phi) is 5.26. The topological polar surface area (TPSA) is 54.3 Å². The average Bonchev–Trinajstić information content (AvgIpc) is 3.03. The molecule has 0 saturated carbocycles. The lowest BCUT2D eigenvalue weighted by atomic mass is 10.2. The zero-order valence-corrected chi connectivity index (χ0v) is 15.0. The van der Waals surface area contributed by atoms with Gasteiger partial charge in [-0.25, -0.2) is 0 Å². The molecule has 2 heterocycles. The summed E-state index contributed by atoms with van der Waals surface area (Å²) in [6.07, 6.45) is 0. The molecule has 0 aliphatic carbocycles. The van der Waals surface area contributed by atoms with Crippen molar-refractivity contribution in [2.45, 2.75) is 33.7 Å². The first kappa shape index (κ1) is 17.3. The molecule has 2 aromatic heterocycles. The summed E-state index contributed by atoms with van der Waals surface area (Å²) >= 11 is 1.53. The predicted molar refractivity (Wildman–Crippen MR) is 93.4 cm³/mol. The predicted octanol–water partition coefficient (Wildman–Crippen LogP) is 2.75. The molecule has 2 rings (SSSR count). The first-order valence-electron chi connectivity index (χ1n) is 7.59. The second-order valence-corrected chi connectivity index (χ2v) is 6.87. The quantitative estimate of drug-likeness (QED) is 0.915. The molecule has 124 valence electrons. The minimum Gasteiger partial charge on any atom is -0.352 e. The minimum absolute atomic E-state index is 0.0515. The molecule has 2 amide bonds. The Morgan fingerprint density at radius 1 is 1.22 bits per heavy atom. The maximum absolute atomic E-state index is 12.7. The lowest BCUT2D eigenvalue weighted by molar-refractivity contribution is -0.122. The van der Waals surface area contributed by atoms with Crippen molar-refractivity contribution in [2.24, 2.45) is 0 Å². The van der Waals surface area contributed by atoms with Gasteiger partial charge in [0.05, 0.1) is 12.1 Å². The van der Waals surface area contributed by atoms with Gasteiger partial charge in [-0.3, -0.25) is 9.59 Å². The van der Waals surface area contributed by atoms with Crippen molar-refractivity contribution >= 4 is 23.2 Å². The summed E-state index contributed by atoms with van der Waals surface area (Å²) in [7, 11) is 1.65. The molecule has 0 unspecified atom stereocenters. The molecule has 1 N–H and O–H groups in total. The number of aryl methyl sites for hydroxylation is 2. The van der Waals surface area contributed by atoms with E-state index >= 15 is 0 Å². The molecule has 6 heteroatoms. The molecule has 0 atom stereocenters. The molecule has 0 radical (unpaired) electrons. The monoisotopic (exact) mass is 333 g/mol. The van der Waals surface area contributed by atoms with E-state index in [0.29, 0.717) is 5.56 Å². The van der Waals surface area contributed by atoms with E-state index in [0.717, 1.165) is 16.4 Å². The molecule has 0 aromatic carbocycles. The summed E-state index contributed by atoms with van der Waals surface area (Å²) in [5.74, 6) is -0.298. The van der Waals surface area contributed by atoms with Crippen molar-refractivity contribution < 1.29 is 9.59 Å². The van der Waals surface area contributed by atoms with E-state index in [1.165, 1.54) is 16.2 Å². The van der Waals surface area contributed by atoms with E-state index in [4.69, 9.17) is 0 Å². The maximum atomic E-state index is 12.7. The van der Waals surface area contributed by atoms with Gasteiger partial charge in [-0.2, -0.15) is 0 Å². The molecule has 0 bridgehead atoms. The first-order chi connectivity index (χ1) is 10.8. The van der Waals surface area contributed by atoms with Crippen LogP contribution in [0.15, 0.2) is 23.6 Å². The Labute approximate surface area is 140 Å². The third-order valence-electron chi connectivity index (χ3n) is 3.53. The number of hydrogen-bond donors (Lipinski definition) is 1. The van der Waals surface area contributed by atoms with Crippen LogP contribution in [-0.4, -0.2) is 40.9 Å². The van der Waals surface area contributed by atoms with Crippen LogP contribution in [-0.2, 0) is 4.79 Å². The lowest BCUT2D eigenvalue weighted by Gasteiger charge is -2.19. The van der Waals surface area contributed by atoms with Gasteiger partial charge in [0.15, 0.2) is 0 Å². The molecule has 23 heavy (non-hydrogen) atoms. The number of nitrogens with zero attached hydrogens (tertiary/aromatic N) is 2. The van der Waals surface area contributed by atoms with Crippen molar-refractivity contribution in [2.75, 3.05) is 13.6 Å². The second-order valence-electron chi connectivity index (χ2n) is 5.97. The van der Waals surface area contributed by atoms with Gasteiger partial charge < -0.3 is 14.8 Å². The Morgan fingerprint density at radius 3 is 2.39 bits per heavy atom. The lowest BCUT2D eigenvalue weighted by Crippen LogP contribution is -2.41. The fourth-order valence-electron chi connectivity index (χ4n) is 2.49. The molecule has 0 saturated heterocycles. The van der Waals surface area contributed by atoms with Gasteiger partial charge >= 0.3 is 0 Å². The molecule has 0 spiro atoms. The van der Waals surface area contributed by atoms with E-state index in [1.54, 1.807) is 7.05 Å². The molecule has 5 nitrogen and oxygen atoms in total. The van der Waals surface area contributed by atoms with Crippen molar-refractivity contribution in [1.82, 2.24) is 14.8 Å². The van der Waals surface area contributed by atoms with Gasteiger partial charge in [0.2, 0.25) is 5.91 Å². The summed E-state index contributed by atoms with van der Waals surface area (Å²) in [5, 5.41) is 5.60. The van der Waals surface area contributed by atoms with Crippen LogP contribution in [0.4, 0.5) is 0 Å². The number of likely N-dealkylation sites (N-methyl/N-ethyl adjacent to an activating group) is 1. The fourth-order valence-corrected chi connectivity index (χ4v) is 3.50. The first-order valence-corrected chi connectivity index (χ1v) is 8.47. The Morgan fingerprint density at radius 2 is 1.83 bits per heavy atom. The number of thiophene rings is 1. The molecule has 0 aliphatic heterocycles. The van der Waals surface area contributed by atoms with Crippen LogP contribution in [0.5, 0.6) is 0 Å². The van der Waals surface area contributed by atoms with E-state index in [9.17, 15) is 9.59 Å². The highest BCUT2D eigenvalue weighted by molar-refractivity contribution is 7.13. The number of amides is 2. The summed E-state index contributed by atoms with van der Waals surface area (Å²) in [4.78, 5) is 26.0. The third-order valence-corrected chi connectivity index (χ3v) is 4.42. The Hall–Kier alpha value is -2.08. The van der Waals surface area contributed by atoms with Crippen molar-refractivity contribution in [3.63, 3.8) is 0 Å². The van der Waals surface area contributed by atoms with Crippen LogP contribution >= 0.6 is 11.3 Å². The van der Waals surface area contributed by atoms with Gasteiger partial charge in [-0.05, 0) is 51.3 Å². The zero-order chi connectivity index (χ0) is 17.1. The van der Waals surface area contributed by atoms with Crippen molar-refractivity contribution in [1.29, 1.82) is 0 Å². The number of aromatic nitrogens is 1. The molecule has 0 fully saturated rings. The van der Waals surface area contributed by atoms with Crippen LogP contribution in [0, 0.1) is 13.8 Å². The van der Waals surface area contributed by atoms with Crippen LogP contribution in [0.3, 0.4) is 0 Å². The maximum Gasteiger partial charge on any atom is 0.257 e. The molecular formula is C17H23N3O2S. The van der Waals surface area contributed by atoms with E-state index in [2.05, 4.69) is 9.88 Å². The van der Waals surface area contributed by atoms with Gasteiger partial charge in [-0.1, -0.05) is 0 Å². The van der Waals surface area contributed by atoms with Gasteiger partial charge in [-0.15, -0.1) is 11.3 Å². The fraction of sp³-hybridized carbons (Fsp3) is 0.412. The zero-order valence-electron chi connectivity index (χ0n) is 14.2. The van der Waals surface area contributed by atoms with Crippen molar-refractivity contribution in [3.8, 4) is 5.00 Å². The van der Waals surface area contributed by atoms with E-state index in [-0.39, 0.29) is 24.4 Å². The SMILES string of the molecule is Cc1ccc(C)n1-c1sccc1C(=O)N(C)CC(=O)NC(C)C. The number of nitrogens with one attached hydrogen (secondary N) is 1. The number of carbonyl (C=O) groups excluding carboxylic acids is 2. The van der Waals surface area contributed by atoms with Crippen LogP contribution in [0.25, 0.3) is 5.00 Å².